The van der Waals surface area contributed by atoms with Gasteiger partial charge in [-0.2, -0.15) is 10.2 Å². The number of aromatic nitrogens is 4. The molecule has 6 N–H and O–H groups in total. The van der Waals surface area contributed by atoms with Gasteiger partial charge >= 0.3 is 0 Å². The SMILES string of the molecule is Cc1[nH]ncc1S(=O)(=O)Nc1[nH]ncc1C(=N)N. The molecule has 0 saturated heterocycles. The predicted octanol–water partition coefficient (Wildman–Crippen LogP) is -0.474. The van der Waals surface area contributed by atoms with E-state index < -0.39 is 10.0 Å². The number of anilines is 1. The van der Waals surface area contributed by atoms with E-state index in [9.17, 15) is 8.42 Å². The van der Waals surface area contributed by atoms with E-state index in [4.69, 9.17) is 11.1 Å². The van der Waals surface area contributed by atoms with E-state index in [-0.39, 0.29) is 22.1 Å². The maximum atomic E-state index is 12.0. The first-order valence-corrected chi connectivity index (χ1v) is 6.30. The third-order valence-electron chi connectivity index (χ3n) is 2.24. The first-order chi connectivity index (χ1) is 8.42. The number of aryl methyl sites for hydroxylation is 1. The molecule has 0 saturated carbocycles. The van der Waals surface area contributed by atoms with Gasteiger partial charge in [-0.25, -0.2) is 8.42 Å². The summed E-state index contributed by atoms with van der Waals surface area (Å²) >= 11 is 0. The Morgan fingerprint density at radius 2 is 2.06 bits per heavy atom. The van der Waals surface area contributed by atoms with E-state index in [1.807, 2.05) is 0 Å². The molecule has 0 amide bonds. The van der Waals surface area contributed by atoms with Crippen molar-refractivity contribution in [1.29, 1.82) is 5.41 Å². The van der Waals surface area contributed by atoms with Crippen molar-refractivity contribution < 1.29 is 8.42 Å². The molecule has 2 rings (SSSR count). The number of sulfonamides is 1. The van der Waals surface area contributed by atoms with Crippen LogP contribution in [-0.4, -0.2) is 34.6 Å². The number of H-pyrrole nitrogens is 2. The summed E-state index contributed by atoms with van der Waals surface area (Å²) in [4.78, 5) is 0.0200. The lowest BCUT2D eigenvalue weighted by atomic mass is 10.3. The zero-order valence-corrected chi connectivity index (χ0v) is 10.2. The van der Waals surface area contributed by atoms with Crippen LogP contribution in [0.25, 0.3) is 0 Å². The van der Waals surface area contributed by atoms with Gasteiger partial charge in [0.25, 0.3) is 10.0 Å². The second kappa shape index (κ2) is 4.14. The van der Waals surface area contributed by atoms with Gasteiger partial charge in [-0.05, 0) is 6.92 Å². The third-order valence-corrected chi connectivity index (χ3v) is 3.70. The van der Waals surface area contributed by atoms with Gasteiger partial charge in [0.2, 0.25) is 0 Å². The van der Waals surface area contributed by atoms with Crippen LogP contribution in [0, 0.1) is 12.3 Å². The van der Waals surface area contributed by atoms with E-state index in [2.05, 4.69) is 25.1 Å². The molecule has 0 aliphatic heterocycles. The van der Waals surface area contributed by atoms with Gasteiger partial charge in [0.05, 0.1) is 23.7 Å². The molecule has 0 atom stereocenters. The van der Waals surface area contributed by atoms with Crippen LogP contribution in [0.2, 0.25) is 0 Å². The number of nitrogen functional groups attached to an aromatic ring is 1. The van der Waals surface area contributed by atoms with Crippen molar-refractivity contribution in [1.82, 2.24) is 20.4 Å². The summed E-state index contributed by atoms with van der Waals surface area (Å²) in [6.07, 6.45) is 2.46. The topological polar surface area (TPSA) is 153 Å². The van der Waals surface area contributed by atoms with Gasteiger partial charge in [0.15, 0.2) is 0 Å². The Balaban J connectivity index is 2.37. The lowest BCUT2D eigenvalue weighted by Gasteiger charge is -2.06. The van der Waals surface area contributed by atoms with Gasteiger partial charge in [0.1, 0.15) is 16.5 Å². The summed E-state index contributed by atoms with van der Waals surface area (Å²) in [5, 5.41) is 19.5. The van der Waals surface area contributed by atoms with E-state index in [1.54, 1.807) is 6.92 Å². The zero-order chi connectivity index (χ0) is 13.3. The van der Waals surface area contributed by atoms with Crippen LogP contribution in [0.4, 0.5) is 5.82 Å². The number of amidine groups is 1. The molecule has 9 nitrogen and oxygen atoms in total. The van der Waals surface area contributed by atoms with Crippen molar-refractivity contribution in [3.8, 4) is 0 Å². The van der Waals surface area contributed by atoms with Crippen molar-refractivity contribution in [2.75, 3.05) is 4.72 Å². The number of hydrogen-bond donors (Lipinski definition) is 5. The number of rotatable bonds is 4. The van der Waals surface area contributed by atoms with Gasteiger partial charge < -0.3 is 5.73 Å². The van der Waals surface area contributed by atoms with Crippen LogP contribution in [0.1, 0.15) is 11.3 Å². The van der Waals surface area contributed by atoms with Crippen molar-refractivity contribution in [3.63, 3.8) is 0 Å². The average Bonchev–Trinajstić information content (AvgIpc) is 2.86. The Hall–Kier alpha value is -2.36. The summed E-state index contributed by atoms with van der Waals surface area (Å²) in [7, 11) is -3.79. The second-order valence-electron chi connectivity index (χ2n) is 3.54. The summed E-state index contributed by atoms with van der Waals surface area (Å²) in [6.45, 7) is 1.58. The highest BCUT2D eigenvalue weighted by Gasteiger charge is 2.21. The molecule has 0 spiro atoms. The molecule has 0 fully saturated rings. The molecule has 0 aromatic carbocycles. The lowest BCUT2D eigenvalue weighted by Crippen LogP contribution is -2.18. The summed E-state index contributed by atoms with van der Waals surface area (Å²) in [5.41, 5.74) is 5.89. The predicted molar refractivity (Wildman–Crippen MR) is 63.7 cm³/mol. The fraction of sp³-hybridized carbons (Fsp3) is 0.125. The quantitative estimate of drug-likeness (QED) is 0.375. The van der Waals surface area contributed by atoms with Gasteiger partial charge in [-0.3, -0.25) is 20.3 Å². The van der Waals surface area contributed by atoms with E-state index in [1.165, 1.54) is 12.4 Å². The average molecular weight is 269 g/mol. The first kappa shape index (κ1) is 12.1. The van der Waals surface area contributed by atoms with E-state index >= 15 is 0 Å². The third kappa shape index (κ3) is 2.05. The molecule has 0 aliphatic carbocycles. The van der Waals surface area contributed by atoms with E-state index in [0.29, 0.717) is 5.69 Å². The fourth-order valence-corrected chi connectivity index (χ4v) is 2.54. The molecule has 0 unspecified atom stereocenters. The second-order valence-corrected chi connectivity index (χ2v) is 5.19. The highest BCUT2D eigenvalue weighted by atomic mass is 32.2. The Labute approximate surface area is 102 Å². The largest absolute Gasteiger partial charge is 0.384 e. The maximum Gasteiger partial charge on any atom is 0.266 e. The monoisotopic (exact) mass is 269 g/mol. The van der Waals surface area contributed by atoms with Crippen LogP contribution in [0.15, 0.2) is 17.3 Å². The minimum absolute atomic E-state index is 0.0200. The number of nitrogens with zero attached hydrogens (tertiary/aromatic N) is 2. The first-order valence-electron chi connectivity index (χ1n) is 4.82. The minimum atomic E-state index is -3.79. The molecule has 0 aliphatic rings. The highest BCUT2D eigenvalue weighted by molar-refractivity contribution is 7.92. The highest BCUT2D eigenvalue weighted by Crippen LogP contribution is 2.18. The fourth-order valence-electron chi connectivity index (χ4n) is 1.37. The summed E-state index contributed by atoms with van der Waals surface area (Å²) in [5.74, 6) is -0.242. The molecule has 2 heterocycles. The number of nitrogens with one attached hydrogen (secondary N) is 4. The van der Waals surface area contributed by atoms with E-state index in [0.717, 1.165) is 0 Å². The summed E-state index contributed by atoms with van der Waals surface area (Å²) < 4.78 is 26.3. The normalized spacial score (nSPS) is 11.4. The van der Waals surface area contributed by atoms with Crippen LogP contribution in [0.3, 0.4) is 0 Å². The van der Waals surface area contributed by atoms with Gasteiger partial charge in [-0.15, -0.1) is 0 Å². The molecule has 2 aromatic rings. The lowest BCUT2D eigenvalue weighted by molar-refractivity contribution is 0.600. The molecule has 18 heavy (non-hydrogen) atoms. The Bertz CT molecular complexity index is 684. The molecule has 0 radical (unpaired) electrons. The molecule has 10 heteroatoms. The van der Waals surface area contributed by atoms with Crippen molar-refractivity contribution in [2.24, 2.45) is 5.73 Å². The molecular weight excluding hydrogens is 258 g/mol. The van der Waals surface area contributed by atoms with Crippen molar-refractivity contribution in [2.45, 2.75) is 11.8 Å². The van der Waals surface area contributed by atoms with Crippen LogP contribution in [-0.2, 0) is 10.0 Å². The van der Waals surface area contributed by atoms with Crippen molar-refractivity contribution >= 4 is 21.7 Å². The smallest absolute Gasteiger partial charge is 0.266 e. The number of hydrogen-bond acceptors (Lipinski definition) is 5. The molecular formula is C8H11N7O2S. The zero-order valence-electron chi connectivity index (χ0n) is 9.35. The van der Waals surface area contributed by atoms with Gasteiger partial charge in [-0.1, -0.05) is 0 Å². The number of aromatic amines is 2. The Kier molecular flexibility index (Phi) is 2.79. The minimum Gasteiger partial charge on any atom is -0.384 e. The molecule has 96 valence electrons. The standard InChI is InChI=1S/C8H11N7O2S/c1-4-6(3-12-13-4)18(16,17)15-8-5(7(9)10)2-11-14-8/h2-3H,1H3,(H3,9,10)(H,12,13)(H2,11,14,15). The van der Waals surface area contributed by atoms with Crippen LogP contribution in [0.5, 0.6) is 0 Å². The Morgan fingerprint density at radius 3 is 2.61 bits per heavy atom. The van der Waals surface area contributed by atoms with Crippen LogP contribution < -0.4 is 10.5 Å². The number of nitrogens with two attached hydrogens (primary N) is 1. The summed E-state index contributed by atoms with van der Waals surface area (Å²) in [6, 6.07) is 0. The Morgan fingerprint density at radius 1 is 1.39 bits per heavy atom. The van der Waals surface area contributed by atoms with Gasteiger partial charge in [0, 0.05) is 0 Å². The van der Waals surface area contributed by atoms with Crippen LogP contribution >= 0.6 is 0 Å². The maximum absolute atomic E-state index is 12.0. The molecule has 2 aromatic heterocycles. The molecule has 0 bridgehead atoms. The van der Waals surface area contributed by atoms with Crippen molar-refractivity contribution in [3.05, 3.63) is 23.7 Å².